The number of hydrogen-bond donors (Lipinski definition) is 4. The minimum atomic E-state index is -4.15. The van der Waals surface area contributed by atoms with E-state index in [-0.39, 0.29) is 29.0 Å². The van der Waals surface area contributed by atoms with Gasteiger partial charge in [0.2, 0.25) is 5.91 Å². The lowest BCUT2D eigenvalue weighted by Gasteiger charge is -2.16. The van der Waals surface area contributed by atoms with E-state index in [1.165, 1.54) is 32.4 Å². The number of rotatable bonds is 10. The smallest absolute Gasteiger partial charge is 0.263 e. The predicted molar refractivity (Wildman–Crippen MR) is 155 cm³/mol. The van der Waals surface area contributed by atoms with Gasteiger partial charge in [-0.05, 0) is 36.8 Å². The molecular formula is C28H30N6O6S. The minimum absolute atomic E-state index is 0.0208. The fraction of sp³-hybridized carbons (Fsp3) is 0.250. The number of nitrogens with zero attached hydrogens (tertiary/aromatic N) is 3. The van der Waals surface area contributed by atoms with Crippen molar-refractivity contribution >= 4 is 50.0 Å². The van der Waals surface area contributed by atoms with Crippen molar-refractivity contribution in [3.8, 4) is 11.5 Å². The highest BCUT2D eigenvalue weighted by Crippen LogP contribution is 2.31. The van der Waals surface area contributed by atoms with E-state index in [9.17, 15) is 18.3 Å². The van der Waals surface area contributed by atoms with Gasteiger partial charge in [-0.15, -0.1) is 0 Å². The largest absolute Gasteiger partial charge is 0.497 e. The molecule has 1 amide bonds. The van der Waals surface area contributed by atoms with Crippen molar-refractivity contribution in [2.45, 2.75) is 17.4 Å². The molecule has 13 heteroatoms. The molecule has 1 fully saturated rings. The topological polar surface area (TPSA) is 155 Å². The normalized spacial score (nSPS) is 15.4. The number of amides is 1. The number of ether oxygens (including phenoxy) is 2. The maximum Gasteiger partial charge on any atom is 0.263 e. The number of likely N-dealkylation sites (tertiary alicyclic amines) is 1. The molecule has 1 aromatic heterocycles. The highest BCUT2D eigenvalue weighted by Gasteiger charge is 2.23. The van der Waals surface area contributed by atoms with Crippen LogP contribution in [0.4, 0.5) is 23.0 Å². The quantitative estimate of drug-likeness (QED) is 0.220. The standard InChI is InChI=1S/C28H30N6O6S/c1-39-21-12-19(13-22(15-21)40-2)30-27-28(32-25-9-4-3-8-24(25)31-27)33-41(37,38)23-7-5-6-18(14-23)29-26(36)17-34-11-10-20(35)16-34/h3-9,12-15,20,35H,10-11,16-17H2,1-2H3,(H,29,36)(H,30,31)(H,32,33). The van der Waals surface area contributed by atoms with Crippen LogP contribution in [-0.4, -0.2) is 74.3 Å². The molecule has 3 aromatic carbocycles. The Kier molecular flexibility index (Phi) is 8.19. The maximum absolute atomic E-state index is 13.5. The molecule has 0 saturated carbocycles. The van der Waals surface area contributed by atoms with Crippen LogP contribution in [0.2, 0.25) is 0 Å². The highest BCUT2D eigenvalue weighted by atomic mass is 32.2. The summed E-state index contributed by atoms with van der Waals surface area (Å²) < 4.78 is 40.2. The number of aliphatic hydroxyl groups is 1. The Hall–Kier alpha value is -4.46. The van der Waals surface area contributed by atoms with Crippen molar-refractivity contribution in [1.82, 2.24) is 14.9 Å². The number of sulfonamides is 1. The van der Waals surface area contributed by atoms with Gasteiger partial charge in [-0.1, -0.05) is 18.2 Å². The van der Waals surface area contributed by atoms with Gasteiger partial charge in [-0.25, -0.2) is 18.4 Å². The lowest BCUT2D eigenvalue weighted by atomic mass is 10.2. The molecule has 1 atom stereocenters. The Morgan fingerprint density at radius 2 is 1.63 bits per heavy atom. The third-order valence-corrected chi connectivity index (χ3v) is 7.80. The molecule has 0 aliphatic carbocycles. The van der Waals surface area contributed by atoms with Crippen LogP contribution in [0.1, 0.15) is 6.42 Å². The zero-order valence-electron chi connectivity index (χ0n) is 22.5. The number of anilines is 4. The fourth-order valence-corrected chi connectivity index (χ4v) is 5.52. The summed E-state index contributed by atoms with van der Waals surface area (Å²) in [5, 5.41) is 15.5. The molecule has 1 saturated heterocycles. The number of methoxy groups -OCH3 is 2. The number of nitrogens with one attached hydrogen (secondary N) is 3. The molecule has 0 spiro atoms. The number of carbonyl (C=O) groups is 1. The molecule has 12 nitrogen and oxygen atoms in total. The fourth-order valence-electron chi connectivity index (χ4n) is 4.46. The number of aliphatic hydroxyl groups excluding tert-OH is 1. The average molecular weight is 579 g/mol. The number of para-hydroxylation sites is 2. The summed E-state index contributed by atoms with van der Waals surface area (Å²) >= 11 is 0. The Bertz CT molecular complexity index is 1660. The highest BCUT2D eigenvalue weighted by molar-refractivity contribution is 7.92. The summed E-state index contributed by atoms with van der Waals surface area (Å²) in [4.78, 5) is 23.4. The minimum Gasteiger partial charge on any atom is -0.497 e. The molecule has 41 heavy (non-hydrogen) atoms. The van der Waals surface area contributed by atoms with Crippen LogP contribution in [-0.2, 0) is 14.8 Å². The first-order chi connectivity index (χ1) is 19.7. The summed E-state index contributed by atoms with van der Waals surface area (Å²) in [6, 6.07) is 18.2. The number of aromatic nitrogens is 2. The third kappa shape index (κ3) is 6.82. The van der Waals surface area contributed by atoms with Gasteiger partial charge in [0, 0.05) is 42.7 Å². The van der Waals surface area contributed by atoms with Gasteiger partial charge in [-0.3, -0.25) is 14.4 Å². The lowest BCUT2D eigenvalue weighted by Crippen LogP contribution is -2.32. The number of carbonyl (C=O) groups excluding carboxylic acids is 1. The SMILES string of the molecule is COc1cc(Nc2nc3ccccc3nc2NS(=O)(=O)c2cccc(NC(=O)CN3CCC(O)C3)c2)cc(OC)c1. The molecule has 1 aliphatic heterocycles. The Labute approximate surface area is 237 Å². The predicted octanol–water partition coefficient (Wildman–Crippen LogP) is 3.20. The first-order valence-electron chi connectivity index (χ1n) is 12.8. The summed E-state index contributed by atoms with van der Waals surface area (Å²) in [5.74, 6) is 0.902. The molecule has 0 bridgehead atoms. The second kappa shape index (κ2) is 12.0. The van der Waals surface area contributed by atoms with E-state index in [0.29, 0.717) is 53.4 Å². The van der Waals surface area contributed by atoms with Crippen LogP contribution in [0, 0.1) is 0 Å². The zero-order chi connectivity index (χ0) is 29.0. The monoisotopic (exact) mass is 578 g/mol. The van der Waals surface area contributed by atoms with Gasteiger partial charge < -0.3 is 25.2 Å². The summed E-state index contributed by atoms with van der Waals surface area (Å²) in [6.45, 7) is 1.15. The zero-order valence-corrected chi connectivity index (χ0v) is 23.3. The van der Waals surface area contributed by atoms with E-state index >= 15 is 0 Å². The lowest BCUT2D eigenvalue weighted by molar-refractivity contribution is -0.117. The van der Waals surface area contributed by atoms with Gasteiger partial charge in [0.25, 0.3) is 10.0 Å². The first-order valence-corrected chi connectivity index (χ1v) is 14.3. The van der Waals surface area contributed by atoms with Crippen LogP contribution in [0.15, 0.2) is 71.6 Å². The van der Waals surface area contributed by atoms with Crippen LogP contribution in [0.25, 0.3) is 11.0 Å². The first kappa shape index (κ1) is 28.1. The molecule has 0 radical (unpaired) electrons. The number of β-amino-alcohol motifs (C(OH)–C–C–N with tert-alkyl or cyclic N) is 1. The van der Waals surface area contributed by atoms with E-state index in [1.807, 2.05) is 11.0 Å². The second-order valence-corrected chi connectivity index (χ2v) is 11.2. The van der Waals surface area contributed by atoms with E-state index in [4.69, 9.17) is 9.47 Å². The summed E-state index contributed by atoms with van der Waals surface area (Å²) in [5.41, 5.74) is 1.92. The van der Waals surface area contributed by atoms with Crippen LogP contribution < -0.4 is 24.8 Å². The summed E-state index contributed by atoms with van der Waals surface area (Å²) in [7, 11) is -1.09. The molecule has 4 N–H and O–H groups in total. The summed E-state index contributed by atoms with van der Waals surface area (Å²) in [6.07, 6.45) is 0.179. The molecule has 2 heterocycles. The number of benzene rings is 3. The Morgan fingerprint density at radius 1 is 0.951 bits per heavy atom. The van der Waals surface area contributed by atoms with Crippen molar-refractivity contribution in [3.05, 3.63) is 66.7 Å². The third-order valence-electron chi connectivity index (χ3n) is 6.46. The van der Waals surface area contributed by atoms with E-state index in [0.717, 1.165) is 0 Å². The molecule has 4 aromatic rings. The van der Waals surface area contributed by atoms with Crippen LogP contribution in [0.3, 0.4) is 0 Å². The average Bonchev–Trinajstić information content (AvgIpc) is 3.37. The van der Waals surface area contributed by atoms with Crippen molar-refractivity contribution in [2.24, 2.45) is 0 Å². The van der Waals surface area contributed by atoms with Crippen molar-refractivity contribution in [1.29, 1.82) is 0 Å². The Morgan fingerprint density at radius 3 is 2.27 bits per heavy atom. The van der Waals surface area contributed by atoms with Crippen LogP contribution >= 0.6 is 0 Å². The number of hydrogen-bond acceptors (Lipinski definition) is 10. The van der Waals surface area contributed by atoms with Gasteiger partial charge in [0.1, 0.15) is 11.5 Å². The van der Waals surface area contributed by atoms with Gasteiger partial charge in [0.15, 0.2) is 11.6 Å². The second-order valence-electron chi connectivity index (χ2n) is 9.49. The van der Waals surface area contributed by atoms with Gasteiger partial charge in [0.05, 0.1) is 42.8 Å². The Balaban J connectivity index is 1.41. The van der Waals surface area contributed by atoms with E-state index in [1.54, 1.807) is 42.5 Å². The van der Waals surface area contributed by atoms with Crippen molar-refractivity contribution in [3.63, 3.8) is 0 Å². The molecule has 1 unspecified atom stereocenters. The van der Waals surface area contributed by atoms with E-state index in [2.05, 4.69) is 25.3 Å². The maximum atomic E-state index is 13.5. The van der Waals surface area contributed by atoms with Crippen molar-refractivity contribution < 1.29 is 27.8 Å². The van der Waals surface area contributed by atoms with Gasteiger partial charge >= 0.3 is 0 Å². The molecule has 214 valence electrons. The molecular weight excluding hydrogens is 548 g/mol. The van der Waals surface area contributed by atoms with Gasteiger partial charge in [-0.2, -0.15) is 0 Å². The number of fused-ring (bicyclic) bond motifs is 1. The molecule has 5 rings (SSSR count). The van der Waals surface area contributed by atoms with Crippen molar-refractivity contribution in [2.75, 3.05) is 49.2 Å². The molecule has 1 aliphatic rings. The van der Waals surface area contributed by atoms with E-state index < -0.39 is 16.1 Å². The van der Waals surface area contributed by atoms with Crippen LogP contribution in [0.5, 0.6) is 11.5 Å².